The fourth-order valence-electron chi connectivity index (χ4n) is 9.35. The fraction of sp³-hybridized carbons (Fsp3) is 0. The van der Waals surface area contributed by atoms with E-state index in [1.165, 1.54) is 21.8 Å². The second-order valence-corrected chi connectivity index (χ2v) is 16.6. The maximum Gasteiger partial charge on any atom is 0.164 e. The van der Waals surface area contributed by atoms with Crippen LogP contribution in [-0.2, 0) is 0 Å². The van der Waals surface area contributed by atoms with E-state index in [9.17, 15) is 0 Å². The molecule has 5 nitrogen and oxygen atoms in total. The Balaban J connectivity index is 1.03. The van der Waals surface area contributed by atoms with Gasteiger partial charge in [0.05, 0.1) is 22.4 Å². The highest BCUT2D eigenvalue weighted by atomic mass is 15.0. The number of nitrogens with zero attached hydrogens (tertiary/aromatic N) is 5. The molecule has 0 radical (unpaired) electrons. The number of benzene rings is 9. The zero-order chi connectivity index (χ0) is 44.5. The van der Waals surface area contributed by atoms with Gasteiger partial charge in [-0.3, -0.25) is 0 Å². The lowest BCUT2D eigenvalue weighted by molar-refractivity contribution is 1.07. The standard InChI is InChI=1S/C62H41N5/c1-6-20-42(21-7-1)56-55(57(43-22-8-2-9-23-43)59(46-26-12-4-13-27-46)63-58(56)45-24-10-3-11-25-45)44-34-36-48(37-35-44)61-64-60(47-28-14-5-15-29-47)65-62(66-61)49-38-40-50(41-39-49)67-53-32-18-16-30-51(53)52-31-17-19-33-54(52)67/h1-41H. The number of aromatic nitrogens is 5. The number of fused-ring (bicyclic) bond motifs is 3. The molecule has 0 unspecified atom stereocenters. The third-order valence-corrected chi connectivity index (χ3v) is 12.5. The average molecular weight is 856 g/mol. The molecule has 0 spiro atoms. The van der Waals surface area contributed by atoms with E-state index in [-0.39, 0.29) is 0 Å². The van der Waals surface area contributed by atoms with Crippen molar-refractivity contribution < 1.29 is 0 Å². The smallest absolute Gasteiger partial charge is 0.164 e. The van der Waals surface area contributed by atoms with Crippen LogP contribution in [0.5, 0.6) is 0 Å². The van der Waals surface area contributed by atoms with Gasteiger partial charge in [0, 0.05) is 61.0 Å². The molecule has 0 amide bonds. The van der Waals surface area contributed by atoms with Crippen LogP contribution in [0, 0.1) is 0 Å². The van der Waals surface area contributed by atoms with Gasteiger partial charge in [0.15, 0.2) is 17.5 Å². The van der Waals surface area contributed by atoms with E-state index in [4.69, 9.17) is 19.9 Å². The van der Waals surface area contributed by atoms with Crippen molar-refractivity contribution in [2.75, 3.05) is 0 Å². The van der Waals surface area contributed by atoms with Crippen molar-refractivity contribution in [2.45, 2.75) is 0 Å². The lowest BCUT2D eigenvalue weighted by atomic mass is 9.83. The molecule has 0 aliphatic heterocycles. The first kappa shape index (κ1) is 39.5. The van der Waals surface area contributed by atoms with E-state index in [1.54, 1.807) is 0 Å². The highest BCUT2D eigenvalue weighted by Crippen LogP contribution is 2.49. The molecule has 3 heterocycles. The van der Waals surface area contributed by atoms with Crippen molar-refractivity contribution in [2.24, 2.45) is 0 Å². The fourth-order valence-corrected chi connectivity index (χ4v) is 9.35. The van der Waals surface area contributed by atoms with Crippen LogP contribution in [0.25, 0.3) is 118 Å². The molecular formula is C62H41N5. The number of rotatable bonds is 9. The second-order valence-electron chi connectivity index (χ2n) is 16.6. The molecule has 314 valence electrons. The summed E-state index contributed by atoms with van der Waals surface area (Å²) < 4.78 is 2.32. The van der Waals surface area contributed by atoms with Gasteiger partial charge in [-0.05, 0) is 53.1 Å². The summed E-state index contributed by atoms with van der Waals surface area (Å²) in [6.07, 6.45) is 0. The quantitative estimate of drug-likeness (QED) is 0.145. The Bertz CT molecular complexity index is 3530. The molecule has 0 atom stereocenters. The molecule has 3 aromatic heterocycles. The summed E-state index contributed by atoms with van der Waals surface area (Å²) in [5.41, 5.74) is 16.5. The zero-order valence-corrected chi connectivity index (χ0v) is 36.4. The Labute approximate surface area is 389 Å². The SMILES string of the molecule is c1ccc(-c2nc(-c3ccc(-c4c(-c5ccccc5)c(-c5ccccc5)nc(-c5ccccc5)c4-c4ccccc4)cc3)nc(-c3ccc(-n4c5ccccc5c5ccccc54)cc3)n2)cc1. The van der Waals surface area contributed by atoms with Gasteiger partial charge >= 0.3 is 0 Å². The van der Waals surface area contributed by atoms with E-state index in [0.29, 0.717) is 17.5 Å². The summed E-state index contributed by atoms with van der Waals surface area (Å²) in [6, 6.07) is 86.9. The Kier molecular flexibility index (Phi) is 10.1. The molecule has 0 aliphatic carbocycles. The van der Waals surface area contributed by atoms with Crippen LogP contribution in [-0.4, -0.2) is 24.5 Å². The van der Waals surface area contributed by atoms with Crippen LogP contribution in [0.4, 0.5) is 0 Å². The predicted octanol–water partition coefficient (Wildman–Crippen LogP) is 15.7. The maximum absolute atomic E-state index is 5.61. The van der Waals surface area contributed by atoms with Crippen LogP contribution in [0.3, 0.4) is 0 Å². The molecule has 0 bridgehead atoms. The highest BCUT2D eigenvalue weighted by Gasteiger charge is 2.25. The number of para-hydroxylation sites is 2. The zero-order valence-electron chi connectivity index (χ0n) is 36.4. The molecule has 67 heavy (non-hydrogen) atoms. The first-order chi connectivity index (χ1) is 33.2. The summed E-state index contributed by atoms with van der Waals surface area (Å²) >= 11 is 0. The molecule has 0 aliphatic rings. The molecular weight excluding hydrogens is 815 g/mol. The molecule has 0 fully saturated rings. The van der Waals surface area contributed by atoms with Gasteiger partial charge in [-0.15, -0.1) is 0 Å². The minimum absolute atomic E-state index is 0.595. The van der Waals surface area contributed by atoms with Crippen molar-refractivity contribution >= 4 is 21.8 Å². The number of hydrogen-bond acceptors (Lipinski definition) is 4. The second kappa shape index (κ2) is 17.1. The summed E-state index contributed by atoms with van der Waals surface area (Å²) in [5.74, 6) is 1.81. The largest absolute Gasteiger partial charge is 0.309 e. The summed E-state index contributed by atoms with van der Waals surface area (Å²) in [4.78, 5) is 21.0. The maximum atomic E-state index is 5.61. The molecule has 0 N–H and O–H groups in total. The first-order valence-corrected chi connectivity index (χ1v) is 22.6. The van der Waals surface area contributed by atoms with Gasteiger partial charge in [-0.25, -0.2) is 19.9 Å². The highest BCUT2D eigenvalue weighted by molar-refractivity contribution is 6.09. The third-order valence-electron chi connectivity index (χ3n) is 12.5. The van der Waals surface area contributed by atoms with E-state index in [2.05, 4.69) is 223 Å². The van der Waals surface area contributed by atoms with Crippen LogP contribution >= 0.6 is 0 Å². The van der Waals surface area contributed by atoms with E-state index >= 15 is 0 Å². The van der Waals surface area contributed by atoms with Gasteiger partial charge in [-0.1, -0.05) is 212 Å². The van der Waals surface area contributed by atoms with E-state index < -0.39 is 0 Å². The van der Waals surface area contributed by atoms with Gasteiger partial charge < -0.3 is 4.57 Å². The first-order valence-electron chi connectivity index (χ1n) is 22.6. The monoisotopic (exact) mass is 855 g/mol. The molecule has 12 aromatic rings. The minimum Gasteiger partial charge on any atom is -0.309 e. The van der Waals surface area contributed by atoms with Crippen molar-refractivity contribution in [3.8, 4) is 95.7 Å². The van der Waals surface area contributed by atoms with Crippen molar-refractivity contribution in [3.63, 3.8) is 0 Å². The van der Waals surface area contributed by atoms with Crippen LogP contribution in [0.1, 0.15) is 0 Å². The number of hydrogen-bond donors (Lipinski definition) is 0. The van der Waals surface area contributed by atoms with E-state index in [1.807, 2.05) is 30.3 Å². The molecule has 12 rings (SSSR count). The molecule has 9 aromatic carbocycles. The number of pyridine rings is 1. The lowest BCUT2D eigenvalue weighted by Gasteiger charge is -2.23. The Morgan fingerprint density at radius 1 is 0.224 bits per heavy atom. The van der Waals surface area contributed by atoms with Crippen LogP contribution in [0.15, 0.2) is 249 Å². The molecule has 5 heteroatoms. The Hall–Kier alpha value is -9.06. The van der Waals surface area contributed by atoms with Crippen molar-refractivity contribution in [1.82, 2.24) is 24.5 Å². The normalized spacial score (nSPS) is 11.3. The van der Waals surface area contributed by atoms with Crippen LogP contribution < -0.4 is 0 Å². The van der Waals surface area contributed by atoms with Gasteiger partial charge in [-0.2, -0.15) is 0 Å². The van der Waals surface area contributed by atoms with Gasteiger partial charge in [0.2, 0.25) is 0 Å². The minimum atomic E-state index is 0.595. The summed E-state index contributed by atoms with van der Waals surface area (Å²) in [7, 11) is 0. The molecule has 0 saturated carbocycles. The lowest BCUT2D eigenvalue weighted by Crippen LogP contribution is -2.02. The van der Waals surface area contributed by atoms with Gasteiger partial charge in [0.25, 0.3) is 0 Å². The van der Waals surface area contributed by atoms with Crippen molar-refractivity contribution in [1.29, 1.82) is 0 Å². The summed E-state index contributed by atoms with van der Waals surface area (Å²) in [5, 5.41) is 2.46. The Morgan fingerprint density at radius 2 is 0.522 bits per heavy atom. The van der Waals surface area contributed by atoms with Crippen LogP contribution in [0.2, 0.25) is 0 Å². The van der Waals surface area contributed by atoms with Gasteiger partial charge in [0.1, 0.15) is 0 Å². The molecule has 0 saturated heterocycles. The Morgan fingerprint density at radius 3 is 0.940 bits per heavy atom. The van der Waals surface area contributed by atoms with Crippen molar-refractivity contribution in [3.05, 3.63) is 249 Å². The average Bonchev–Trinajstić information content (AvgIpc) is 3.76. The topological polar surface area (TPSA) is 56.5 Å². The summed E-state index contributed by atoms with van der Waals surface area (Å²) in [6.45, 7) is 0. The predicted molar refractivity (Wildman–Crippen MR) is 275 cm³/mol. The third kappa shape index (κ3) is 7.35. The van der Waals surface area contributed by atoms with E-state index in [0.717, 1.165) is 78.3 Å².